The molecule has 0 aliphatic rings. The number of hydrogen-bond acceptors (Lipinski definition) is 9. The lowest BCUT2D eigenvalue weighted by Gasteiger charge is -2.26. The summed E-state index contributed by atoms with van der Waals surface area (Å²) in [5.74, 6) is -2.29. The highest BCUT2D eigenvalue weighted by molar-refractivity contribution is 14.1. The molecule has 1 heterocycles. The van der Waals surface area contributed by atoms with E-state index >= 15 is 0 Å². The molecular weight excluding hydrogens is 894 g/mol. The van der Waals surface area contributed by atoms with Crippen molar-refractivity contribution in [2.24, 2.45) is 0 Å². The molecule has 322 valence electrons. The van der Waals surface area contributed by atoms with Gasteiger partial charge in [-0.3, -0.25) is 29.0 Å². The van der Waals surface area contributed by atoms with Crippen molar-refractivity contribution in [2.75, 3.05) is 59.4 Å². The van der Waals surface area contributed by atoms with E-state index in [9.17, 15) is 37.1 Å². The summed E-state index contributed by atoms with van der Waals surface area (Å²) in [5, 5.41) is 29.9. The second-order valence-corrected chi connectivity index (χ2v) is 16.0. The smallest absolute Gasteiger partial charge is 0.427 e. The van der Waals surface area contributed by atoms with Gasteiger partial charge >= 0.3 is 24.2 Å². The minimum atomic E-state index is -4.34. The van der Waals surface area contributed by atoms with Crippen molar-refractivity contribution in [1.82, 2.24) is 25.0 Å². The van der Waals surface area contributed by atoms with Crippen molar-refractivity contribution >= 4 is 63.6 Å². The summed E-state index contributed by atoms with van der Waals surface area (Å²) in [4.78, 5) is 62.8. The number of nitrogens with one attached hydrogen (secondary N) is 1. The molecule has 0 saturated carbocycles. The number of carboxylic acid groups (broad SMARTS) is 3. The highest BCUT2D eigenvalue weighted by Gasteiger charge is 2.37. The summed E-state index contributed by atoms with van der Waals surface area (Å²) >= 11 is 2.90. The number of carboxylic acids is 2. The van der Waals surface area contributed by atoms with Gasteiger partial charge in [-0.25, -0.2) is 9.78 Å². The van der Waals surface area contributed by atoms with Gasteiger partial charge in [0.15, 0.2) is 0 Å². The zero-order valence-electron chi connectivity index (χ0n) is 33.8. The van der Waals surface area contributed by atoms with Crippen LogP contribution in [0.1, 0.15) is 77.3 Å². The van der Waals surface area contributed by atoms with E-state index in [4.69, 9.17) is 15.3 Å². The van der Waals surface area contributed by atoms with E-state index < -0.39 is 29.1 Å². The fourth-order valence-electron chi connectivity index (χ4n) is 5.22. The Bertz CT molecular complexity index is 1760. The molecule has 0 unspecified atom stereocenters. The maximum atomic E-state index is 12.8. The van der Waals surface area contributed by atoms with E-state index in [2.05, 4.69) is 39.8 Å². The van der Waals surface area contributed by atoms with Crippen molar-refractivity contribution in [1.29, 1.82) is 0 Å². The van der Waals surface area contributed by atoms with Crippen molar-refractivity contribution in [3.63, 3.8) is 0 Å². The van der Waals surface area contributed by atoms with Crippen LogP contribution in [-0.2, 0) is 20.6 Å². The van der Waals surface area contributed by atoms with Crippen LogP contribution in [-0.4, -0.2) is 124 Å². The number of alkyl halides is 3. The van der Waals surface area contributed by atoms with Crippen LogP contribution in [0.25, 0.3) is 11.3 Å². The summed E-state index contributed by atoms with van der Waals surface area (Å²) < 4.78 is 39.4. The number of thiazole rings is 1. The van der Waals surface area contributed by atoms with E-state index in [-0.39, 0.29) is 63.2 Å². The summed E-state index contributed by atoms with van der Waals surface area (Å²) in [6, 6.07) is 12.9. The van der Waals surface area contributed by atoms with Crippen molar-refractivity contribution in [3.05, 3.63) is 72.6 Å². The summed E-state index contributed by atoms with van der Waals surface area (Å²) in [5.41, 5.74) is 3.47. The normalized spacial score (nSPS) is 11.0. The Labute approximate surface area is 355 Å². The Morgan fingerprint density at radius 2 is 1.34 bits per heavy atom. The van der Waals surface area contributed by atoms with Crippen LogP contribution in [0.5, 0.6) is 0 Å². The number of Topliss-reactive ketones (excluding diaryl/α,β-unsaturated/α-hetero) is 1. The third-order valence-corrected chi connectivity index (χ3v) is 10.2. The average Bonchev–Trinajstić information content (AvgIpc) is 3.54. The number of carbonyl (C=O) groups is 5. The first kappa shape index (κ1) is 51.9. The van der Waals surface area contributed by atoms with Gasteiger partial charge in [0, 0.05) is 48.9 Å². The number of unbranched alkanes of at least 4 members (excludes halogenated alkanes) is 4. The van der Waals surface area contributed by atoms with Crippen LogP contribution < -0.4 is 5.32 Å². The van der Waals surface area contributed by atoms with E-state index in [1.54, 1.807) is 31.2 Å². The van der Waals surface area contributed by atoms with E-state index in [1.807, 2.05) is 32.0 Å². The van der Waals surface area contributed by atoms with Crippen molar-refractivity contribution < 1.29 is 52.5 Å². The summed E-state index contributed by atoms with van der Waals surface area (Å²) in [7, 11) is 1.37. The first-order chi connectivity index (χ1) is 27.1. The Hall–Kier alpha value is -4.14. The third kappa shape index (κ3) is 21.6. The van der Waals surface area contributed by atoms with Gasteiger partial charge in [-0.2, -0.15) is 13.2 Å². The Morgan fingerprint density at radius 1 is 0.793 bits per heavy atom. The van der Waals surface area contributed by atoms with Gasteiger partial charge in [-0.05, 0) is 68.8 Å². The van der Waals surface area contributed by atoms with E-state index in [0.717, 1.165) is 38.1 Å². The highest BCUT2D eigenvalue weighted by atomic mass is 127. The van der Waals surface area contributed by atoms with Gasteiger partial charge in [-0.15, -0.1) is 11.3 Å². The quantitative estimate of drug-likeness (QED) is 0.0644. The van der Waals surface area contributed by atoms with Gasteiger partial charge in [0.25, 0.3) is 5.91 Å². The second kappa shape index (κ2) is 26.8. The number of benzene rings is 2. The molecule has 0 fully saturated rings. The number of amides is 2. The maximum absolute atomic E-state index is 12.8. The van der Waals surface area contributed by atoms with Gasteiger partial charge in [0.1, 0.15) is 10.7 Å². The summed E-state index contributed by atoms with van der Waals surface area (Å²) in [6.07, 6.45) is 0.648. The van der Waals surface area contributed by atoms with Crippen LogP contribution in [0, 0.1) is 24.3 Å². The van der Waals surface area contributed by atoms with Gasteiger partial charge < -0.3 is 25.5 Å². The summed E-state index contributed by atoms with van der Waals surface area (Å²) in [6.45, 7) is 9.86. The molecule has 3 rings (SSSR count). The molecule has 0 atom stereocenters. The van der Waals surface area contributed by atoms with E-state index in [1.165, 1.54) is 49.5 Å². The number of aromatic nitrogens is 1. The van der Waals surface area contributed by atoms with Gasteiger partial charge in [0.2, 0.25) is 0 Å². The molecule has 58 heavy (non-hydrogen) atoms. The number of aryl methyl sites for hydroxylation is 3. The van der Waals surface area contributed by atoms with Crippen molar-refractivity contribution in [3.8, 4) is 11.3 Å². The largest absolute Gasteiger partial charge is 0.480 e. The molecule has 0 aliphatic heterocycles. The molecule has 2 amide bonds. The SMILES string of the molecule is CC(=O)CN(CCN(CCN(C)C(=O)O)CC(=O)O)CC(=O)O.CCCCCCCNC(=O)c1cc(C)ccc1I.Cc1ccc(-c2nc(C)sc2C(F)(F)F)cc1. The van der Waals surface area contributed by atoms with Crippen LogP contribution in [0.3, 0.4) is 0 Å². The van der Waals surface area contributed by atoms with Crippen molar-refractivity contribution in [2.45, 2.75) is 72.9 Å². The van der Waals surface area contributed by atoms with Crippen LogP contribution in [0.15, 0.2) is 42.5 Å². The second-order valence-electron chi connectivity index (χ2n) is 13.6. The predicted molar refractivity (Wildman–Crippen MR) is 227 cm³/mol. The molecule has 18 heteroatoms. The van der Waals surface area contributed by atoms with Crippen LogP contribution >= 0.6 is 33.9 Å². The first-order valence-electron chi connectivity index (χ1n) is 18.6. The lowest BCUT2D eigenvalue weighted by molar-refractivity contribution is -0.140. The molecule has 0 aliphatic carbocycles. The molecule has 0 spiro atoms. The fourth-order valence-corrected chi connectivity index (χ4v) is 6.61. The number of nitrogens with zero attached hydrogens (tertiary/aromatic N) is 4. The zero-order valence-corrected chi connectivity index (χ0v) is 36.8. The Morgan fingerprint density at radius 3 is 1.90 bits per heavy atom. The molecule has 4 N–H and O–H groups in total. The molecule has 13 nitrogen and oxygen atoms in total. The van der Waals surface area contributed by atoms with Crippen LogP contribution in [0.2, 0.25) is 0 Å². The van der Waals surface area contributed by atoms with E-state index in [0.29, 0.717) is 21.9 Å². The molecule has 3 aromatic rings. The van der Waals surface area contributed by atoms with Gasteiger partial charge in [0.05, 0.1) is 35.9 Å². The number of ketones is 1. The maximum Gasteiger partial charge on any atom is 0.427 e. The Balaban J connectivity index is 0.000000440. The molecular formula is C40H55F3IN5O8S. The fraction of sp³-hybridized carbons (Fsp3) is 0.500. The minimum absolute atomic E-state index is 0.0278. The highest BCUT2D eigenvalue weighted by Crippen LogP contribution is 2.40. The molecule has 0 radical (unpaired) electrons. The number of carbonyl (C=O) groups excluding carboxylic acids is 2. The van der Waals surface area contributed by atoms with Crippen LogP contribution in [0.4, 0.5) is 18.0 Å². The topological polar surface area (TPSA) is 181 Å². The van der Waals surface area contributed by atoms with Gasteiger partial charge in [-0.1, -0.05) is 74.1 Å². The number of hydrogen-bond donors (Lipinski definition) is 4. The minimum Gasteiger partial charge on any atom is -0.480 e. The molecule has 0 bridgehead atoms. The third-order valence-electron chi connectivity index (χ3n) is 8.22. The number of aliphatic carboxylic acids is 2. The number of rotatable bonds is 20. The first-order valence-corrected chi connectivity index (χ1v) is 20.5. The lowest BCUT2D eigenvalue weighted by atomic mass is 10.1. The number of likely N-dealkylation sites (N-methyl/N-ethyl adjacent to an activating group) is 1. The average molecular weight is 950 g/mol. The standard InChI is InChI=1S/C15H22INO.C13H23N3O7.C12H10F3NS/c1-3-4-5-6-7-10-17-15(18)13-11-12(2)8-9-14(13)16;1-10(17)7-16(9-12(20)21)6-5-15(8-11(18)19)4-3-14(2)13(22)23;1-7-3-5-9(6-4-7)10-11(12(13,14)15)17-8(2)16-10/h8-9,11H,3-7,10H2,1-2H3,(H,17,18);3-9H2,1-2H3,(H,18,19)(H,20,21)(H,22,23);3-6H,1-2H3. The predicted octanol–water partition coefficient (Wildman–Crippen LogP) is 7.70. The number of halogens is 4. The lowest BCUT2D eigenvalue weighted by Crippen LogP contribution is -2.44. The molecule has 1 aromatic heterocycles. The zero-order chi connectivity index (χ0) is 44.0. The molecule has 0 saturated heterocycles. The Kier molecular flexibility index (Phi) is 24.0. The molecule has 2 aromatic carbocycles. The monoisotopic (exact) mass is 949 g/mol.